The molecule has 0 spiro atoms. The number of hydrogen-bond acceptors (Lipinski definition) is 6. The number of nitrogens with one attached hydrogen (secondary N) is 2. The van der Waals surface area contributed by atoms with E-state index in [9.17, 15) is 0 Å². The van der Waals surface area contributed by atoms with Gasteiger partial charge in [0.2, 0.25) is 0 Å². The van der Waals surface area contributed by atoms with E-state index >= 15 is 0 Å². The first kappa shape index (κ1) is 72.6. The molecule has 0 unspecified atom stereocenters. The molecule has 0 amide bonds. The van der Waals surface area contributed by atoms with Gasteiger partial charge < -0.3 is 9.97 Å². The van der Waals surface area contributed by atoms with Gasteiger partial charge in [0.25, 0.3) is 0 Å². The minimum Gasteiger partial charge on any atom is -0.324 e. The van der Waals surface area contributed by atoms with Crippen LogP contribution in [0.4, 0.5) is 0 Å². The normalized spacial score (nSPS) is 16.4. The van der Waals surface area contributed by atoms with Crippen molar-refractivity contribution in [3.05, 3.63) is 93.0 Å². The molecule has 100 heavy (non-hydrogen) atoms. The summed E-state index contributed by atoms with van der Waals surface area (Å²) in [4.78, 5) is 43.0. The fraction of sp³-hybridized carbons (Fsp3) is 0.652. The molecule has 538 valence electrons. The zero-order valence-corrected chi connectivity index (χ0v) is 64.2. The summed E-state index contributed by atoms with van der Waals surface area (Å²) in [6.07, 6.45) is 61.3. The van der Waals surface area contributed by atoms with Crippen molar-refractivity contribution in [1.29, 1.82) is 0 Å². The van der Waals surface area contributed by atoms with E-state index in [0.717, 1.165) is 141 Å². The van der Waals surface area contributed by atoms with Crippen LogP contribution < -0.4 is 0 Å². The van der Waals surface area contributed by atoms with Gasteiger partial charge in [-0.1, -0.05) is 261 Å². The quantitative estimate of drug-likeness (QED) is 0.0370. The van der Waals surface area contributed by atoms with Crippen LogP contribution in [0.3, 0.4) is 0 Å². The lowest BCUT2D eigenvalue weighted by Crippen LogP contribution is -2.21. The number of fused-ring (bicyclic) bond motifs is 24. The fourth-order valence-electron chi connectivity index (χ4n) is 20.5. The molecule has 3 aromatic heterocycles. The number of unbranched alkanes of at least 4 members (excludes halogenated alkanes) is 24. The fourth-order valence-corrected chi connectivity index (χ4v) is 20.5. The molecular weight excluding hydrogens is 1220 g/mol. The summed E-state index contributed by atoms with van der Waals surface area (Å²) < 4.78 is 0. The molecule has 0 saturated carbocycles. The average Bonchev–Trinajstić information content (AvgIpc) is 1.59. The van der Waals surface area contributed by atoms with Gasteiger partial charge in [0.1, 0.15) is 22.6 Å². The summed E-state index contributed by atoms with van der Waals surface area (Å²) in [7, 11) is 0. The highest BCUT2D eigenvalue weighted by Crippen LogP contribution is 2.53. The van der Waals surface area contributed by atoms with Crippen molar-refractivity contribution in [2.24, 2.45) is 21.7 Å². The average molecular weight is 1350 g/mol. The van der Waals surface area contributed by atoms with E-state index in [0.29, 0.717) is 0 Å². The van der Waals surface area contributed by atoms with Crippen LogP contribution in [0.15, 0.2) is 48.5 Å². The lowest BCUT2D eigenvalue weighted by molar-refractivity contribution is 0.236. The Morgan fingerprint density at radius 1 is 0.220 bits per heavy atom. The number of aromatic amines is 2. The monoisotopic (exact) mass is 1350 g/mol. The van der Waals surface area contributed by atoms with Gasteiger partial charge >= 0.3 is 0 Å². The summed E-state index contributed by atoms with van der Waals surface area (Å²) in [5.74, 6) is 3.01. The van der Waals surface area contributed by atoms with E-state index in [2.05, 4.69) is 114 Å². The second kappa shape index (κ2) is 33.3. The molecule has 5 heterocycles. The molecule has 2 N–H and O–H groups in total. The third-order valence-electron chi connectivity index (χ3n) is 26.1. The topological polar surface area (TPSA) is 109 Å². The molecule has 0 fully saturated rings. The van der Waals surface area contributed by atoms with Gasteiger partial charge in [0.05, 0.1) is 0 Å². The van der Waals surface area contributed by atoms with E-state index in [1.165, 1.54) is 301 Å². The molecule has 8 bridgehead atoms. The van der Waals surface area contributed by atoms with E-state index in [-0.39, 0.29) is 21.7 Å². The van der Waals surface area contributed by atoms with Crippen LogP contribution in [0.1, 0.15) is 357 Å². The highest BCUT2D eigenvalue weighted by Gasteiger charge is 2.42. The zero-order chi connectivity index (χ0) is 69.1. The number of H-pyrrole nitrogens is 2. The lowest BCUT2D eigenvalue weighted by atomic mass is 9.75. The molecule has 0 saturated heterocycles. The second-order valence-electron chi connectivity index (χ2n) is 34.2. The van der Waals surface area contributed by atoms with Crippen LogP contribution in [0.2, 0.25) is 0 Å². The maximum Gasteiger partial charge on any atom is 0.164 e. The number of rotatable bonds is 40. The van der Waals surface area contributed by atoms with Crippen molar-refractivity contribution in [2.45, 2.75) is 364 Å². The Hall–Kier alpha value is -5.76. The second-order valence-corrected chi connectivity index (χ2v) is 34.2. The summed E-state index contributed by atoms with van der Waals surface area (Å²) in [6, 6.07) is 20.3. The SMILES string of the molecule is CCCCCCC1(CCCCCC)Cc2cc3c(cc2C1)-c1nc-3nc2[nH]c(nc3nc(nc4[nH]c(n1)c1cc5c(cc41)CC(CCCCCC)(CCCCCC)C5)-c1cc4c(cc1-3)CC(CCCCCC)(CCCCCC)C4)c1cc3c(cc21)CC(CCCCCC)(CCCCCC)C3. The summed E-state index contributed by atoms with van der Waals surface area (Å²) in [5, 5.41) is 4.56. The third-order valence-corrected chi connectivity index (χ3v) is 26.1. The Morgan fingerprint density at radius 3 is 0.560 bits per heavy atom. The molecule has 8 heteroatoms. The third kappa shape index (κ3) is 16.1. The molecule has 8 nitrogen and oxygen atoms in total. The molecule has 0 atom stereocenters. The molecule has 13 rings (SSSR count). The van der Waals surface area contributed by atoms with Crippen LogP contribution in [0, 0.1) is 21.7 Å². The number of benzene rings is 4. The Bertz CT molecular complexity index is 3590. The van der Waals surface area contributed by atoms with Crippen LogP contribution in [0.5, 0.6) is 0 Å². The first-order valence-corrected chi connectivity index (χ1v) is 42.4. The Labute approximate surface area is 604 Å². The largest absolute Gasteiger partial charge is 0.324 e. The maximum atomic E-state index is 5.89. The number of hydrogen-bond donors (Lipinski definition) is 2. The number of aromatic nitrogens is 8. The van der Waals surface area contributed by atoms with Crippen LogP contribution in [0.25, 0.3) is 89.7 Å². The zero-order valence-electron chi connectivity index (χ0n) is 64.2. The van der Waals surface area contributed by atoms with Gasteiger partial charge in [-0.15, -0.1) is 0 Å². The van der Waals surface area contributed by atoms with Gasteiger partial charge in [-0.3, -0.25) is 0 Å². The Kier molecular flexibility index (Phi) is 24.2. The highest BCUT2D eigenvalue weighted by atomic mass is 15.1. The summed E-state index contributed by atoms with van der Waals surface area (Å²) in [5.41, 5.74) is 20.9. The minimum absolute atomic E-state index is 0.281. The van der Waals surface area contributed by atoms with Gasteiger partial charge in [-0.05, 0) is 217 Å². The van der Waals surface area contributed by atoms with Crippen LogP contribution >= 0.6 is 0 Å². The molecule has 4 aromatic carbocycles. The van der Waals surface area contributed by atoms with Gasteiger partial charge in [0, 0.05) is 43.8 Å². The predicted octanol–water partition coefficient (Wildman–Crippen LogP) is 27.0. The predicted molar refractivity (Wildman–Crippen MR) is 425 cm³/mol. The molecule has 6 aliphatic rings. The van der Waals surface area contributed by atoms with E-state index in [1.807, 2.05) is 0 Å². The molecule has 0 radical (unpaired) electrons. The Balaban J connectivity index is 1.03. The van der Waals surface area contributed by atoms with Crippen molar-refractivity contribution >= 4 is 44.1 Å². The van der Waals surface area contributed by atoms with Crippen molar-refractivity contribution in [2.75, 3.05) is 0 Å². The van der Waals surface area contributed by atoms with Crippen molar-refractivity contribution in [1.82, 2.24) is 39.9 Å². The highest BCUT2D eigenvalue weighted by molar-refractivity contribution is 6.07. The van der Waals surface area contributed by atoms with Crippen LogP contribution in [-0.2, 0) is 51.4 Å². The van der Waals surface area contributed by atoms with E-state index < -0.39 is 0 Å². The number of nitrogens with zero attached hydrogens (tertiary/aromatic N) is 6. The Morgan fingerprint density at radius 2 is 0.390 bits per heavy atom. The lowest BCUT2D eigenvalue weighted by Gasteiger charge is -2.29. The summed E-state index contributed by atoms with van der Waals surface area (Å²) >= 11 is 0. The molecule has 2 aliphatic heterocycles. The van der Waals surface area contributed by atoms with E-state index in [1.54, 1.807) is 0 Å². The first-order valence-electron chi connectivity index (χ1n) is 42.4. The molecular formula is C92H130N8. The van der Waals surface area contributed by atoms with Crippen LogP contribution in [-0.4, -0.2) is 39.9 Å². The molecule has 7 aromatic rings. The van der Waals surface area contributed by atoms with Crippen molar-refractivity contribution in [3.63, 3.8) is 0 Å². The maximum absolute atomic E-state index is 5.89. The van der Waals surface area contributed by atoms with Gasteiger partial charge in [-0.25, -0.2) is 29.9 Å². The van der Waals surface area contributed by atoms with Gasteiger partial charge in [0.15, 0.2) is 23.3 Å². The standard InChI is InChI=1S/C92H130N8/c1-9-17-25-33-41-89(42-34-26-18-10-2)57-65-49-73-74(50-66(65)58-89)82-93-81(73)97-83-75-51-67-59-90(43-35-27-19-11-3,44-36-28-20-12-4)61-69(67)53-77(75)85(94-83)99-87-79-55-71-63-92(47-39-31-23-15-7,48-40-32-24-16-8)64-72(71)56-80(79)88(96-87)100-86-78-54-70-62-91(45-37-29-21-13-5,46-38-30-22-14-6)60-68(70)52-76(78)84(95-86)98-82/h49-56H,9-48,57-64H2,1-8H3,(H2,93,94,95,96,97,98,99,100). The summed E-state index contributed by atoms with van der Waals surface area (Å²) in [6.45, 7) is 18.8. The molecule has 4 aliphatic carbocycles. The van der Waals surface area contributed by atoms with Crippen molar-refractivity contribution < 1.29 is 0 Å². The van der Waals surface area contributed by atoms with Crippen molar-refractivity contribution in [3.8, 4) is 45.6 Å². The smallest absolute Gasteiger partial charge is 0.164 e. The van der Waals surface area contributed by atoms with Gasteiger partial charge in [-0.2, -0.15) is 0 Å². The van der Waals surface area contributed by atoms with E-state index in [4.69, 9.17) is 29.9 Å². The first-order chi connectivity index (χ1) is 49.0. The minimum atomic E-state index is 0.281.